The van der Waals surface area contributed by atoms with Gasteiger partial charge in [0.15, 0.2) is 0 Å². The maximum Gasteiger partial charge on any atom is 0.242 e. The van der Waals surface area contributed by atoms with Crippen molar-refractivity contribution < 1.29 is 8.42 Å². The maximum atomic E-state index is 12.4. The predicted octanol–water partition coefficient (Wildman–Crippen LogP) is 3.75. The SMILES string of the molecule is NCc1cc(Cl)cc(S(=O)(=O)NCc2sccc2Br)c1Cl. The predicted molar refractivity (Wildman–Crippen MR) is 90.4 cm³/mol. The Morgan fingerprint density at radius 1 is 1.33 bits per heavy atom. The van der Waals surface area contributed by atoms with Crippen LogP contribution in [0.4, 0.5) is 0 Å². The first-order chi connectivity index (χ1) is 9.85. The summed E-state index contributed by atoms with van der Waals surface area (Å²) in [6, 6.07) is 4.72. The van der Waals surface area contributed by atoms with E-state index in [4.69, 9.17) is 28.9 Å². The molecule has 0 bridgehead atoms. The number of benzene rings is 1. The number of hydrogen-bond acceptors (Lipinski definition) is 4. The molecule has 0 fully saturated rings. The zero-order chi connectivity index (χ0) is 15.6. The Hall–Kier alpha value is -0.150. The molecule has 0 saturated carbocycles. The molecule has 114 valence electrons. The third kappa shape index (κ3) is 3.98. The second-order valence-electron chi connectivity index (χ2n) is 4.10. The fourth-order valence-electron chi connectivity index (χ4n) is 1.65. The standard InChI is InChI=1S/C12H11BrCl2N2O2S2/c13-9-1-2-20-10(9)6-17-21(18,19)11-4-8(14)3-7(5-16)12(11)15/h1-4,17H,5-6,16H2. The summed E-state index contributed by atoms with van der Waals surface area (Å²) in [5.74, 6) is 0. The summed E-state index contributed by atoms with van der Waals surface area (Å²) in [6.45, 7) is 0.278. The summed E-state index contributed by atoms with van der Waals surface area (Å²) >= 11 is 16.8. The van der Waals surface area contributed by atoms with Gasteiger partial charge in [-0.2, -0.15) is 0 Å². The quantitative estimate of drug-likeness (QED) is 0.759. The van der Waals surface area contributed by atoms with Crippen LogP contribution in [0.25, 0.3) is 0 Å². The van der Waals surface area contributed by atoms with E-state index in [1.807, 2.05) is 11.4 Å². The van der Waals surface area contributed by atoms with E-state index in [1.54, 1.807) is 6.07 Å². The minimum atomic E-state index is -3.78. The molecule has 0 unspecified atom stereocenters. The number of rotatable bonds is 5. The van der Waals surface area contributed by atoms with Crippen LogP contribution in [0.2, 0.25) is 10.0 Å². The van der Waals surface area contributed by atoms with Crippen molar-refractivity contribution in [3.8, 4) is 0 Å². The normalized spacial score (nSPS) is 11.8. The Bertz CT molecular complexity index is 763. The molecule has 4 nitrogen and oxygen atoms in total. The molecule has 0 aliphatic heterocycles. The van der Waals surface area contributed by atoms with Gasteiger partial charge in [0.2, 0.25) is 10.0 Å². The summed E-state index contributed by atoms with van der Waals surface area (Å²) in [7, 11) is -3.78. The van der Waals surface area contributed by atoms with E-state index in [9.17, 15) is 8.42 Å². The zero-order valence-corrected chi connectivity index (χ0v) is 15.3. The van der Waals surface area contributed by atoms with Crippen LogP contribution < -0.4 is 10.5 Å². The van der Waals surface area contributed by atoms with E-state index in [1.165, 1.54) is 17.4 Å². The van der Waals surface area contributed by atoms with Crippen LogP contribution in [0, 0.1) is 0 Å². The number of thiophene rings is 1. The zero-order valence-electron chi connectivity index (χ0n) is 10.6. The third-order valence-electron chi connectivity index (χ3n) is 2.70. The molecular formula is C12H11BrCl2N2O2S2. The molecule has 1 heterocycles. The van der Waals surface area contributed by atoms with Crippen molar-refractivity contribution in [2.45, 2.75) is 18.0 Å². The topological polar surface area (TPSA) is 72.2 Å². The lowest BCUT2D eigenvalue weighted by molar-refractivity contribution is 0.581. The van der Waals surface area contributed by atoms with Gasteiger partial charge in [0.05, 0.1) is 5.02 Å². The maximum absolute atomic E-state index is 12.4. The second-order valence-corrected chi connectivity index (χ2v) is 8.50. The van der Waals surface area contributed by atoms with Gasteiger partial charge < -0.3 is 5.73 Å². The summed E-state index contributed by atoms with van der Waals surface area (Å²) in [5, 5.41) is 2.24. The highest BCUT2D eigenvalue weighted by Crippen LogP contribution is 2.30. The second kappa shape index (κ2) is 6.95. The summed E-state index contributed by atoms with van der Waals surface area (Å²) < 4.78 is 28.1. The van der Waals surface area contributed by atoms with Crippen LogP contribution in [0.3, 0.4) is 0 Å². The van der Waals surface area contributed by atoms with Crippen molar-refractivity contribution in [1.82, 2.24) is 4.72 Å². The highest BCUT2D eigenvalue weighted by molar-refractivity contribution is 9.10. The molecule has 0 atom stereocenters. The van der Waals surface area contributed by atoms with Crippen LogP contribution in [0.1, 0.15) is 10.4 Å². The fraction of sp³-hybridized carbons (Fsp3) is 0.167. The van der Waals surface area contributed by atoms with E-state index in [2.05, 4.69) is 20.7 Å². The number of halogens is 3. The van der Waals surface area contributed by atoms with Crippen LogP contribution >= 0.6 is 50.5 Å². The first-order valence-electron chi connectivity index (χ1n) is 5.74. The van der Waals surface area contributed by atoms with E-state index in [0.717, 1.165) is 9.35 Å². The molecule has 0 saturated heterocycles. The molecule has 1 aromatic carbocycles. The lowest BCUT2D eigenvalue weighted by Gasteiger charge is -2.11. The third-order valence-corrected chi connectivity index (χ3v) is 6.83. The molecule has 3 N–H and O–H groups in total. The molecule has 2 aromatic rings. The van der Waals surface area contributed by atoms with Gasteiger partial charge in [0.25, 0.3) is 0 Å². The number of nitrogens with one attached hydrogen (secondary N) is 1. The Labute approximate surface area is 145 Å². The van der Waals surface area contributed by atoms with Gasteiger partial charge in [0.1, 0.15) is 4.90 Å². The largest absolute Gasteiger partial charge is 0.326 e. The van der Waals surface area contributed by atoms with E-state index in [-0.39, 0.29) is 28.0 Å². The van der Waals surface area contributed by atoms with Crippen LogP contribution in [0.5, 0.6) is 0 Å². The van der Waals surface area contributed by atoms with Gasteiger partial charge in [-0.1, -0.05) is 23.2 Å². The molecule has 2 rings (SSSR count). The molecule has 9 heteroatoms. The average Bonchev–Trinajstić information content (AvgIpc) is 2.84. The Kier molecular flexibility index (Phi) is 5.70. The van der Waals surface area contributed by atoms with E-state index in [0.29, 0.717) is 5.56 Å². The minimum Gasteiger partial charge on any atom is -0.326 e. The lowest BCUT2D eigenvalue weighted by atomic mass is 10.2. The highest BCUT2D eigenvalue weighted by atomic mass is 79.9. The first kappa shape index (κ1) is 17.2. The van der Waals surface area contributed by atoms with Crippen molar-refractivity contribution >= 4 is 60.5 Å². The molecule has 0 aliphatic rings. The number of nitrogens with two attached hydrogens (primary N) is 1. The summed E-state index contributed by atoms with van der Waals surface area (Å²) in [5.41, 5.74) is 6.03. The molecule has 0 aliphatic carbocycles. The first-order valence-corrected chi connectivity index (χ1v) is 9.66. The van der Waals surface area contributed by atoms with Crippen molar-refractivity contribution in [3.05, 3.63) is 48.5 Å². The van der Waals surface area contributed by atoms with Crippen LogP contribution in [0.15, 0.2) is 32.9 Å². The van der Waals surface area contributed by atoms with Crippen LogP contribution in [-0.4, -0.2) is 8.42 Å². The molecule has 1 aromatic heterocycles. The molecule has 21 heavy (non-hydrogen) atoms. The van der Waals surface area contributed by atoms with Gasteiger partial charge in [-0.15, -0.1) is 11.3 Å². The lowest BCUT2D eigenvalue weighted by Crippen LogP contribution is -2.23. The highest BCUT2D eigenvalue weighted by Gasteiger charge is 2.21. The Morgan fingerprint density at radius 2 is 2.05 bits per heavy atom. The monoisotopic (exact) mass is 428 g/mol. The van der Waals surface area contributed by atoms with Crippen molar-refractivity contribution in [2.24, 2.45) is 5.73 Å². The average molecular weight is 430 g/mol. The van der Waals surface area contributed by atoms with Gasteiger partial charge >= 0.3 is 0 Å². The number of sulfonamides is 1. The van der Waals surface area contributed by atoms with Crippen molar-refractivity contribution in [2.75, 3.05) is 0 Å². The van der Waals surface area contributed by atoms with E-state index < -0.39 is 10.0 Å². The Balaban J connectivity index is 2.32. The van der Waals surface area contributed by atoms with Crippen molar-refractivity contribution in [3.63, 3.8) is 0 Å². The van der Waals surface area contributed by atoms with E-state index >= 15 is 0 Å². The van der Waals surface area contributed by atoms with Gasteiger partial charge in [0, 0.05) is 27.5 Å². The summed E-state index contributed by atoms with van der Waals surface area (Å²) in [4.78, 5) is 0.806. The molecule has 0 radical (unpaired) electrons. The minimum absolute atomic E-state index is 0.0650. The van der Waals surface area contributed by atoms with Crippen LogP contribution in [-0.2, 0) is 23.1 Å². The van der Waals surface area contributed by atoms with Gasteiger partial charge in [-0.25, -0.2) is 13.1 Å². The molecular weight excluding hydrogens is 419 g/mol. The van der Waals surface area contributed by atoms with Gasteiger partial charge in [-0.05, 0) is 45.1 Å². The molecule has 0 spiro atoms. The van der Waals surface area contributed by atoms with Gasteiger partial charge in [-0.3, -0.25) is 0 Å². The summed E-state index contributed by atoms with van der Waals surface area (Å²) in [6.07, 6.45) is 0. The fourth-order valence-corrected chi connectivity index (χ4v) is 5.11. The number of hydrogen-bond donors (Lipinski definition) is 2. The smallest absolute Gasteiger partial charge is 0.242 e. The Morgan fingerprint density at radius 3 is 2.62 bits per heavy atom. The van der Waals surface area contributed by atoms with Crippen molar-refractivity contribution in [1.29, 1.82) is 0 Å². The molecule has 0 amide bonds.